The van der Waals surface area contributed by atoms with Gasteiger partial charge in [-0.25, -0.2) is 0 Å². The summed E-state index contributed by atoms with van der Waals surface area (Å²) in [5, 5.41) is 6.57. The van der Waals surface area contributed by atoms with Gasteiger partial charge < -0.3 is 15.6 Å². The second kappa shape index (κ2) is 4.81. The van der Waals surface area contributed by atoms with Gasteiger partial charge in [-0.3, -0.25) is 9.59 Å². The number of piperidine rings is 1. The van der Waals surface area contributed by atoms with Crippen LogP contribution in [0.4, 0.5) is 0 Å². The fourth-order valence-corrected chi connectivity index (χ4v) is 3.12. The largest absolute Gasteiger partial charge is 0.367 e. The van der Waals surface area contributed by atoms with Crippen LogP contribution in [-0.2, 0) is 0 Å². The SMILES string of the molecule is O=C(NC1CCNC2(CCC2)C1)c1c[nH]ccc1=O. The summed E-state index contributed by atoms with van der Waals surface area (Å²) in [6.45, 7) is 0.941. The summed E-state index contributed by atoms with van der Waals surface area (Å²) in [5.74, 6) is -0.261. The van der Waals surface area contributed by atoms with Gasteiger partial charge in [-0.2, -0.15) is 0 Å². The van der Waals surface area contributed by atoms with Crippen LogP contribution in [0.25, 0.3) is 0 Å². The number of H-pyrrole nitrogens is 1. The summed E-state index contributed by atoms with van der Waals surface area (Å²) in [6, 6.07) is 1.55. The van der Waals surface area contributed by atoms with Crippen LogP contribution in [0.2, 0.25) is 0 Å². The fraction of sp³-hybridized carbons (Fsp3) is 0.571. The van der Waals surface area contributed by atoms with Crippen molar-refractivity contribution in [3.8, 4) is 0 Å². The fourth-order valence-electron chi connectivity index (χ4n) is 3.12. The number of carbonyl (C=O) groups excluding carboxylic acids is 1. The number of pyridine rings is 1. The van der Waals surface area contributed by atoms with E-state index in [0.29, 0.717) is 0 Å². The lowest BCUT2D eigenvalue weighted by Gasteiger charge is -2.48. The lowest BCUT2D eigenvalue weighted by Crippen LogP contribution is -2.59. The van der Waals surface area contributed by atoms with Gasteiger partial charge in [0.2, 0.25) is 0 Å². The minimum Gasteiger partial charge on any atom is -0.367 e. The maximum atomic E-state index is 12.1. The molecule has 1 amide bonds. The molecule has 2 heterocycles. The molecule has 102 valence electrons. The molecule has 1 saturated heterocycles. The quantitative estimate of drug-likeness (QED) is 0.736. The number of hydrogen-bond donors (Lipinski definition) is 3. The van der Waals surface area contributed by atoms with E-state index in [2.05, 4.69) is 15.6 Å². The molecular formula is C14H19N3O2. The van der Waals surface area contributed by atoms with Crippen LogP contribution in [0, 0.1) is 0 Å². The van der Waals surface area contributed by atoms with E-state index in [9.17, 15) is 9.59 Å². The van der Waals surface area contributed by atoms with Crippen LogP contribution in [0.1, 0.15) is 42.5 Å². The molecule has 0 aromatic carbocycles. The van der Waals surface area contributed by atoms with Crippen LogP contribution >= 0.6 is 0 Å². The molecule has 2 aliphatic rings. The van der Waals surface area contributed by atoms with Gasteiger partial charge in [-0.1, -0.05) is 0 Å². The number of amides is 1. The third-order valence-electron chi connectivity index (χ3n) is 4.34. The number of rotatable bonds is 2. The lowest BCUT2D eigenvalue weighted by molar-refractivity contribution is 0.0852. The smallest absolute Gasteiger partial charge is 0.256 e. The van der Waals surface area contributed by atoms with Gasteiger partial charge in [0.05, 0.1) is 0 Å². The Bertz CT molecular complexity index is 533. The number of nitrogens with one attached hydrogen (secondary N) is 3. The third-order valence-corrected chi connectivity index (χ3v) is 4.34. The normalized spacial score (nSPS) is 24.7. The molecule has 0 bridgehead atoms. The second-order valence-electron chi connectivity index (χ2n) is 5.65. The monoisotopic (exact) mass is 261 g/mol. The Balaban J connectivity index is 1.66. The van der Waals surface area contributed by atoms with Gasteiger partial charge in [0.15, 0.2) is 5.43 Å². The maximum absolute atomic E-state index is 12.1. The van der Waals surface area contributed by atoms with Crippen LogP contribution in [0.3, 0.4) is 0 Å². The number of aromatic amines is 1. The van der Waals surface area contributed by atoms with E-state index in [-0.39, 0.29) is 28.5 Å². The van der Waals surface area contributed by atoms with Gasteiger partial charge in [-0.15, -0.1) is 0 Å². The first-order valence-electron chi connectivity index (χ1n) is 6.92. The highest BCUT2D eigenvalue weighted by Gasteiger charge is 2.41. The average molecular weight is 261 g/mol. The molecule has 1 aromatic rings. The first-order chi connectivity index (χ1) is 9.19. The highest BCUT2D eigenvalue weighted by molar-refractivity contribution is 5.93. The molecule has 1 atom stereocenters. The summed E-state index contributed by atoms with van der Waals surface area (Å²) < 4.78 is 0. The Labute approximate surface area is 111 Å². The van der Waals surface area contributed by atoms with Crippen LogP contribution in [-0.4, -0.2) is 29.0 Å². The molecule has 1 unspecified atom stereocenters. The summed E-state index contributed by atoms with van der Waals surface area (Å²) in [4.78, 5) is 26.5. The Kier molecular flexibility index (Phi) is 3.14. The number of hydrogen-bond acceptors (Lipinski definition) is 3. The van der Waals surface area contributed by atoms with E-state index < -0.39 is 0 Å². The van der Waals surface area contributed by atoms with Crippen molar-refractivity contribution >= 4 is 5.91 Å². The number of carbonyl (C=O) groups is 1. The highest BCUT2D eigenvalue weighted by atomic mass is 16.2. The molecule has 3 rings (SSSR count). The van der Waals surface area contributed by atoms with E-state index in [1.165, 1.54) is 37.7 Å². The molecule has 1 aliphatic carbocycles. The van der Waals surface area contributed by atoms with E-state index in [0.717, 1.165) is 19.4 Å². The predicted molar refractivity (Wildman–Crippen MR) is 72.1 cm³/mol. The van der Waals surface area contributed by atoms with Crippen molar-refractivity contribution in [2.24, 2.45) is 0 Å². The summed E-state index contributed by atoms with van der Waals surface area (Å²) >= 11 is 0. The first kappa shape index (κ1) is 12.4. The third kappa shape index (κ3) is 2.42. The zero-order valence-electron chi connectivity index (χ0n) is 10.9. The average Bonchev–Trinajstić information content (AvgIpc) is 2.37. The Morgan fingerprint density at radius 2 is 2.26 bits per heavy atom. The van der Waals surface area contributed by atoms with Crippen molar-refractivity contribution in [3.63, 3.8) is 0 Å². The van der Waals surface area contributed by atoms with E-state index in [1.54, 1.807) is 0 Å². The van der Waals surface area contributed by atoms with Gasteiger partial charge in [-0.05, 0) is 38.6 Å². The van der Waals surface area contributed by atoms with Gasteiger partial charge >= 0.3 is 0 Å². The van der Waals surface area contributed by atoms with E-state index >= 15 is 0 Å². The standard InChI is InChI=1S/C14H19N3O2/c18-12-3-6-15-9-11(12)13(19)17-10-2-7-16-14(8-10)4-1-5-14/h3,6,9-10,16H,1-2,4-5,7-8H2,(H,15,18)(H,17,19). The predicted octanol–water partition coefficient (Wildman–Crippen LogP) is 0.779. The molecule has 5 heteroatoms. The van der Waals surface area contributed by atoms with Crippen LogP contribution < -0.4 is 16.1 Å². The first-order valence-corrected chi connectivity index (χ1v) is 6.92. The highest BCUT2D eigenvalue weighted by Crippen LogP contribution is 2.38. The molecular weight excluding hydrogens is 242 g/mol. The molecule has 2 fully saturated rings. The molecule has 1 spiro atoms. The molecule has 0 radical (unpaired) electrons. The van der Waals surface area contributed by atoms with Gasteiger partial charge in [0.25, 0.3) is 5.91 Å². The van der Waals surface area contributed by atoms with Crippen molar-refractivity contribution in [2.75, 3.05) is 6.54 Å². The van der Waals surface area contributed by atoms with Crippen molar-refractivity contribution in [3.05, 3.63) is 34.2 Å². The Morgan fingerprint density at radius 3 is 2.95 bits per heavy atom. The van der Waals surface area contributed by atoms with Crippen molar-refractivity contribution in [2.45, 2.75) is 43.7 Å². The Morgan fingerprint density at radius 1 is 1.42 bits per heavy atom. The van der Waals surface area contributed by atoms with Crippen LogP contribution in [0.5, 0.6) is 0 Å². The molecule has 3 N–H and O–H groups in total. The summed E-state index contributed by atoms with van der Waals surface area (Å²) in [6.07, 6.45) is 8.58. The van der Waals surface area contributed by atoms with Crippen LogP contribution in [0.15, 0.2) is 23.3 Å². The zero-order valence-corrected chi connectivity index (χ0v) is 10.9. The molecule has 1 aliphatic heterocycles. The summed E-state index contributed by atoms with van der Waals surface area (Å²) in [5.41, 5.74) is 0.214. The van der Waals surface area contributed by atoms with E-state index in [1.807, 2.05) is 0 Å². The maximum Gasteiger partial charge on any atom is 0.256 e. The van der Waals surface area contributed by atoms with E-state index in [4.69, 9.17) is 0 Å². The van der Waals surface area contributed by atoms with Crippen molar-refractivity contribution in [1.29, 1.82) is 0 Å². The summed E-state index contributed by atoms with van der Waals surface area (Å²) in [7, 11) is 0. The lowest BCUT2D eigenvalue weighted by atomic mass is 9.70. The van der Waals surface area contributed by atoms with Crippen molar-refractivity contribution < 1.29 is 4.79 Å². The molecule has 1 saturated carbocycles. The number of aromatic nitrogens is 1. The topological polar surface area (TPSA) is 74.0 Å². The second-order valence-corrected chi connectivity index (χ2v) is 5.65. The molecule has 1 aromatic heterocycles. The molecule has 19 heavy (non-hydrogen) atoms. The minimum atomic E-state index is -0.261. The van der Waals surface area contributed by atoms with Gasteiger partial charge in [0.1, 0.15) is 5.56 Å². The Hall–Kier alpha value is -1.62. The molecule has 5 nitrogen and oxygen atoms in total. The van der Waals surface area contributed by atoms with Gasteiger partial charge in [0, 0.05) is 30.0 Å². The van der Waals surface area contributed by atoms with Crippen molar-refractivity contribution in [1.82, 2.24) is 15.6 Å². The minimum absolute atomic E-state index is 0.175. The zero-order chi connectivity index (χ0) is 13.3.